The molecule has 0 saturated carbocycles. The van der Waals surface area contributed by atoms with Gasteiger partial charge >= 0.3 is 0 Å². The van der Waals surface area contributed by atoms with E-state index >= 15 is 0 Å². The summed E-state index contributed by atoms with van der Waals surface area (Å²) in [6.45, 7) is 8.52. The van der Waals surface area contributed by atoms with Gasteiger partial charge in [0.25, 0.3) is 0 Å². The smallest absolute Gasteiger partial charge is 0.118 e. The van der Waals surface area contributed by atoms with E-state index in [2.05, 4.69) is 24.8 Å². The van der Waals surface area contributed by atoms with Crippen molar-refractivity contribution >= 4 is 0 Å². The highest BCUT2D eigenvalue weighted by Gasteiger charge is 2.23. The third kappa shape index (κ3) is 3.58. The Morgan fingerprint density at radius 2 is 2.00 bits per heavy atom. The zero-order valence-corrected chi connectivity index (χ0v) is 11.0. The second kappa shape index (κ2) is 5.23. The third-order valence-corrected chi connectivity index (χ3v) is 3.73. The van der Waals surface area contributed by atoms with Crippen molar-refractivity contribution < 1.29 is 4.42 Å². The summed E-state index contributed by atoms with van der Waals surface area (Å²) in [5, 5.41) is 0. The molecule has 0 amide bonds. The van der Waals surface area contributed by atoms with Crippen LogP contribution in [0.15, 0.2) is 16.5 Å². The highest BCUT2D eigenvalue weighted by Crippen LogP contribution is 2.30. The van der Waals surface area contributed by atoms with Crippen LogP contribution in [0.1, 0.15) is 44.6 Å². The fraction of sp³-hybridized carbons (Fsp3) is 0.714. The molecule has 2 rings (SSSR count). The molecule has 2 heterocycles. The Labute approximate surface area is 104 Å². The molecule has 1 fully saturated rings. The highest BCUT2D eigenvalue weighted by atomic mass is 16.3. The summed E-state index contributed by atoms with van der Waals surface area (Å²) < 4.78 is 5.66. The van der Waals surface area contributed by atoms with Gasteiger partial charge in [-0.05, 0) is 49.9 Å². The monoisotopic (exact) mass is 236 g/mol. The van der Waals surface area contributed by atoms with Crippen molar-refractivity contribution in [3.05, 3.63) is 23.7 Å². The van der Waals surface area contributed by atoms with Gasteiger partial charge in [-0.15, -0.1) is 0 Å². The maximum Gasteiger partial charge on any atom is 0.118 e. The quantitative estimate of drug-likeness (QED) is 0.877. The molecule has 96 valence electrons. The molecule has 0 aromatic carbocycles. The first-order valence-corrected chi connectivity index (χ1v) is 6.59. The number of nitrogens with zero attached hydrogens (tertiary/aromatic N) is 1. The molecular formula is C14H24N2O. The van der Waals surface area contributed by atoms with E-state index in [1.807, 2.05) is 6.07 Å². The van der Waals surface area contributed by atoms with Crippen LogP contribution in [0.4, 0.5) is 0 Å². The fourth-order valence-electron chi connectivity index (χ4n) is 2.47. The second-order valence-electron chi connectivity index (χ2n) is 5.87. The van der Waals surface area contributed by atoms with E-state index in [1.165, 1.54) is 32.4 Å². The van der Waals surface area contributed by atoms with Gasteiger partial charge in [0.2, 0.25) is 0 Å². The van der Waals surface area contributed by atoms with Crippen LogP contribution in [0.25, 0.3) is 0 Å². The van der Waals surface area contributed by atoms with Crippen molar-refractivity contribution in [3.63, 3.8) is 0 Å². The molecule has 3 heteroatoms. The van der Waals surface area contributed by atoms with Crippen molar-refractivity contribution in [1.29, 1.82) is 0 Å². The summed E-state index contributed by atoms with van der Waals surface area (Å²) in [5.74, 6) is 1.93. The molecular weight excluding hydrogens is 212 g/mol. The van der Waals surface area contributed by atoms with E-state index in [9.17, 15) is 0 Å². The maximum absolute atomic E-state index is 5.66. The summed E-state index contributed by atoms with van der Waals surface area (Å²) in [7, 11) is 0. The summed E-state index contributed by atoms with van der Waals surface area (Å²) in [6.07, 6.45) is 3.89. The Balaban J connectivity index is 1.90. The molecule has 17 heavy (non-hydrogen) atoms. The lowest BCUT2D eigenvalue weighted by Gasteiger charge is -2.22. The van der Waals surface area contributed by atoms with E-state index < -0.39 is 0 Å². The molecule has 0 atom stereocenters. The molecule has 0 radical (unpaired) electrons. The molecule has 0 aliphatic carbocycles. The van der Waals surface area contributed by atoms with Crippen molar-refractivity contribution in [2.75, 3.05) is 13.1 Å². The highest BCUT2D eigenvalue weighted by molar-refractivity contribution is 5.06. The lowest BCUT2D eigenvalue weighted by atomic mass is 9.85. The minimum Gasteiger partial charge on any atom is -0.463 e. The first-order chi connectivity index (χ1) is 8.09. The molecule has 1 aliphatic rings. The van der Waals surface area contributed by atoms with Crippen molar-refractivity contribution in [1.82, 2.24) is 4.90 Å². The van der Waals surface area contributed by atoms with Crippen LogP contribution in [0.3, 0.4) is 0 Å². The van der Waals surface area contributed by atoms with E-state index in [0.29, 0.717) is 12.0 Å². The van der Waals surface area contributed by atoms with Crippen LogP contribution in [-0.2, 0) is 13.1 Å². The van der Waals surface area contributed by atoms with Crippen LogP contribution >= 0.6 is 0 Å². The topological polar surface area (TPSA) is 42.4 Å². The molecule has 0 spiro atoms. The molecule has 1 aromatic heterocycles. The Bertz CT molecular complexity index is 357. The second-order valence-corrected chi connectivity index (χ2v) is 5.87. The molecule has 1 aromatic rings. The molecule has 1 aliphatic heterocycles. The van der Waals surface area contributed by atoms with Gasteiger partial charge in [0.05, 0.1) is 13.1 Å². The van der Waals surface area contributed by atoms with Gasteiger partial charge in [0, 0.05) is 0 Å². The van der Waals surface area contributed by atoms with Gasteiger partial charge in [-0.25, -0.2) is 0 Å². The van der Waals surface area contributed by atoms with Crippen molar-refractivity contribution in [3.8, 4) is 0 Å². The van der Waals surface area contributed by atoms with Gasteiger partial charge in [0.15, 0.2) is 0 Å². The van der Waals surface area contributed by atoms with Gasteiger partial charge < -0.3 is 10.2 Å². The van der Waals surface area contributed by atoms with Crippen LogP contribution in [0, 0.1) is 5.41 Å². The number of hydrogen-bond donors (Lipinski definition) is 1. The third-order valence-electron chi connectivity index (χ3n) is 3.73. The van der Waals surface area contributed by atoms with Crippen LogP contribution in [0.2, 0.25) is 0 Å². The Hall–Kier alpha value is -0.800. The van der Waals surface area contributed by atoms with Crippen LogP contribution < -0.4 is 5.73 Å². The number of nitrogens with two attached hydrogens (primary N) is 1. The van der Waals surface area contributed by atoms with Crippen LogP contribution in [-0.4, -0.2) is 18.0 Å². The van der Waals surface area contributed by atoms with E-state index in [0.717, 1.165) is 18.1 Å². The predicted molar refractivity (Wildman–Crippen MR) is 69.5 cm³/mol. The molecule has 1 saturated heterocycles. The zero-order valence-electron chi connectivity index (χ0n) is 11.0. The largest absolute Gasteiger partial charge is 0.463 e. The van der Waals surface area contributed by atoms with Crippen molar-refractivity contribution in [2.24, 2.45) is 11.1 Å². The van der Waals surface area contributed by atoms with E-state index in [-0.39, 0.29) is 0 Å². The number of furan rings is 1. The average molecular weight is 236 g/mol. The number of rotatable bonds is 3. The minimum atomic E-state index is 0.493. The predicted octanol–water partition coefficient (Wildman–Crippen LogP) is 2.75. The summed E-state index contributed by atoms with van der Waals surface area (Å²) >= 11 is 0. The molecule has 2 N–H and O–H groups in total. The van der Waals surface area contributed by atoms with Gasteiger partial charge in [0.1, 0.15) is 11.5 Å². The molecule has 3 nitrogen and oxygen atoms in total. The Morgan fingerprint density at radius 3 is 2.71 bits per heavy atom. The van der Waals surface area contributed by atoms with Gasteiger partial charge in [-0.1, -0.05) is 13.8 Å². The Kier molecular flexibility index (Phi) is 3.89. The average Bonchev–Trinajstić information content (AvgIpc) is 2.66. The normalized spacial score (nSPS) is 21.4. The van der Waals surface area contributed by atoms with Crippen molar-refractivity contribution in [2.45, 2.75) is 46.2 Å². The van der Waals surface area contributed by atoms with Gasteiger partial charge in [-0.2, -0.15) is 0 Å². The summed E-state index contributed by atoms with van der Waals surface area (Å²) in [5.41, 5.74) is 6.05. The maximum atomic E-state index is 5.66. The van der Waals surface area contributed by atoms with E-state index in [1.54, 1.807) is 0 Å². The van der Waals surface area contributed by atoms with Crippen LogP contribution in [0.5, 0.6) is 0 Å². The zero-order chi connectivity index (χ0) is 12.3. The molecule has 0 bridgehead atoms. The number of likely N-dealkylation sites (tertiary alicyclic amines) is 1. The fourth-order valence-corrected chi connectivity index (χ4v) is 2.47. The standard InChI is InChI=1S/C14H24N2O/c1-14(2)6-3-8-16(9-7-14)11-13-5-4-12(10-15)17-13/h4-5H,3,6-11,15H2,1-2H3. The minimum absolute atomic E-state index is 0.493. The van der Waals surface area contributed by atoms with E-state index in [4.69, 9.17) is 10.2 Å². The molecule has 0 unspecified atom stereocenters. The first kappa shape index (κ1) is 12.7. The summed E-state index contributed by atoms with van der Waals surface area (Å²) in [4.78, 5) is 2.49. The van der Waals surface area contributed by atoms with Gasteiger partial charge in [-0.3, -0.25) is 4.90 Å². The first-order valence-electron chi connectivity index (χ1n) is 6.59. The summed E-state index contributed by atoms with van der Waals surface area (Å²) in [6, 6.07) is 4.04. The lowest BCUT2D eigenvalue weighted by Crippen LogP contribution is -2.24. The lowest BCUT2D eigenvalue weighted by molar-refractivity contribution is 0.236. The SMILES string of the molecule is CC1(C)CCCN(Cc2ccc(CN)o2)CC1. The Morgan fingerprint density at radius 1 is 1.24 bits per heavy atom. The number of hydrogen-bond acceptors (Lipinski definition) is 3.